The van der Waals surface area contributed by atoms with Crippen molar-refractivity contribution in [2.24, 2.45) is 5.92 Å². The van der Waals surface area contributed by atoms with Gasteiger partial charge in [-0.05, 0) is 51.3 Å². The molecule has 1 amide bonds. The van der Waals surface area contributed by atoms with Crippen molar-refractivity contribution >= 4 is 28.2 Å². The number of carboxylic acids is 1. The van der Waals surface area contributed by atoms with E-state index in [1.165, 1.54) is 11.3 Å². The van der Waals surface area contributed by atoms with E-state index in [1.54, 1.807) is 0 Å². The number of aryl methyl sites for hydroxylation is 1. The summed E-state index contributed by atoms with van der Waals surface area (Å²) in [4.78, 5) is 27.1. The standard InChI is InChI=1S/C15H20N2O3S/c1-17-7-6-9(8-17)13(18)16-14-12(15(19)20)10-4-2-3-5-11(10)21-14/h9H,2-8H2,1H3,(H,16,18)(H,19,20). The Bertz CT molecular complexity index is 582. The van der Waals surface area contributed by atoms with E-state index in [2.05, 4.69) is 10.2 Å². The molecule has 5 nitrogen and oxygen atoms in total. The van der Waals surface area contributed by atoms with Crippen LogP contribution in [0, 0.1) is 5.92 Å². The number of fused-ring (bicyclic) bond motifs is 1. The largest absolute Gasteiger partial charge is 0.478 e. The molecule has 21 heavy (non-hydrogen) atoms. The predicted octanol–water partition coefficient (Wildman–Crippen LogP) is 2.22. The number of anilines is 1. The third kappa shape index (κ3) is 2.82. The number of amides is 1. The summed E-state index contributed by atoms with van der Waals surface area (Å²) in [5.41, 5.74) is 1.27. The molecule has 0 bridgehead atoms. The molecule has 0 saturated carbocycles. The third-order valence-corrected chi connectivity index (χ3v) is 5.59. The number of carbonyl (C=O) groups is 2. The van der Waals surface area contributed by atoms with E-state index < -0.39 is 5.97 Å². The van der Waals surface area contributed by atoms with Gasteiger partial charge in [0, 0.05) is 11.4 Å². The number of hydrogen-bond acceptors (Lipinski definition) is 4. The highest BCUT2D eigenvalue weighted by Crippen LogP contribution is 2.38. The Balaban J connectivity index is 1.83. The van der Waals surface area contributed by atoms with Crippen molar-refractivity contribution in [1.29, 1.82) is 0 Å². The number of rotatable bonds is 3. The van der Waals surface area contributed by atoms with Gasteiger partial charge in [0.2, 0.25) is 5.91 Å². The average Bonchev–Trinajstić information content (AvgIpc) is 3.01. The van der Waals surface area contributed by atoms with E-state index in [0.29, 0.717) is 10.6 Å². The van der Waals surface area contributed by atoms with Crippen LogP contribution in [0.1, 0.15) is 40.1 Å². The fourth-order valence-electron chi connectivity index (χ4n) is 3.24. The third-order valence-electron chi connectivity index (χ3n) is 4.38. The fourth-order valence-corrected chi connectivity index (χ4v) is 4.53. The molecule has 0 spiro atoms. The molecule has 1 aliphatic heterocycles. The first-order chi connectivity index (χ1) is 10.1. The second kappa shape index (κ2) is 5.77. The summed E-state index contributed by atoms with van der Waals surface area (Å²) < 4.78 is 0. The Morgan fingerprint density at radius 3 is 2.76 bits per heavy atom. The van der Waals surface area contributed by atoms with Crippen LogP contribution in [0.4, 0.5) is 5.00 Å². The number of hydrogen-bond donors (Lipinski definition) is 2. The SMILES string of the molecule is CN1CCC(C(=O)Nc2sc3c(c2C(=O)O)CCCC3)C1. The number of carbonyl (C=O) groups excluding carboxylic acids is 1. The summed E-state index contributed by atoms with van der Waals surface area (Å²) in [6.45, 7) is 1.67. The zero-order valence-electron chi connectivity index (χ0n) is 12.1. The highest BCUT2D eigenvalue weighted by atomic mass is 32.1. The lowest BCUT2D eigenvalue weighted by Crippen LogP contribution is -2.25. The minimum atomic E-state index is -0.923. The zero-order chi connectivity index (χ0) is 15.0. The second-order valence-corrected chi connectivity index (χ2v) is 7.06. The van der Waals surface area contributed by atoms with Gasteiger partial charge in [-0.15, -0.1) is 11.3 Å². The van der Waals surface area contributed by atoms with E-state index in [-0.39, 0.29) is 11.8 Å². The van der Waals surface area contributed by atoms with Crippen LogP contribution in [0.25, 0.3) is 0 Å². The van der Waals surface area contributed by atoms with Gasteiger partial charge >= 0.3 is 5.97 Å². The molecule has 6 heteroatoms. The molecule has 3 rings (SSSR count). The molecule has 1 atom stereocenters. The van der Waals surface area contributed by atoms with Crippen LogP contribution in [0.2, 0.25) is 0 Å². The molecule has 1 aliphatic carbocycles. The second-order valence-electron chi connectivity index (χ2n) is 5.96. The molecule has 1 aromatic heterocycles. The van der Waals surface area contributed by atoms with Crippen LogP contribution in [0.3, 0.4) is 0 Å². The van der Waals surface area contributed by atoms with Crippen LogP contribution >= 0.6 is 11.3 Å². The molecule has 1 fully saturated rings. The van der Waals surface area contributed by atoms with Crippen molar-refractivity contribution in [1.82, 2.24) is 4.90 Å². The maximum atomic E-state index is 12.3. The van der Waals surface area contributed by atoms with E-state index in [4.69, 9.17) is 0 Å². The monoisotopic (exact) mass is 308 g/mol. The zero-order valence-corrected chi connectivity index (χ0v) is 13.0. The average molecular weight is 308 g/mol. The summed E-state index contributed by atoms with van der Waals surface area (Å²) >= 11 is 1.45. The first-order valence-electron chi connectivity index (χ1n) is 7.43. The number of thiophene rings is 1. The lowest BCUT2D eigenvalue weighted by atomic mass is 9.95. The topological polar surface area (TPSA) is 69.6 Å². The highest BCUT2D eigenvalue weighted by Gasteiger charge is 2.30. The van der Waals surface area contributed by atoms with E-state index in [0.717, 1.165) is 55.6 Å². The minimum Gasteiger partial charge on any atom is -0.478 e. The van der Waals surface area contributed by atoms with E-state index in [1.807, 2.05) is 7.05 Å². The molecule has 0 aromatic carbocycles. The Hall–Kier alpha value is -1.40. The Morgan fingerprint density at radius 2 is 2.10 bits per heavy atom. The minimum absolute atomic E-state index is 0.0317. The molecule has 2 aliphatic rings. The first kappa shape index (κ1) is 14.5. The van der Waals surface area contributed by atoms with Crippen LogP contribution < -0.4 is 5.32 Å². The van der Waals surface area contributed by atoms with Crippen LogP contribution in [0.15, 0.2) is 0 Å². The van der Waals surface area contributed by atoms with Crippen LogP contribution in [-0.2, 0) is 17.6 Å². The number of aromatic carboxylic acids is 1. The van der Waals surface area contributed by atoms with Gasteiger partial charge in [-0.2, -0.15) is 0 Å². The predicted molar refractivity (Wildman–Crippen MR) is 82.2 cm³/mol. The van der Waals surface area contributed by atoms with Gasteiger partial charge in [-0.25, -0.2) is 4.79 Å². The highest BCUT2D eigenvalue weighted by molar-refractivity contribution is 7.17. The maximum absolute atomic E-state index is 12.3. The molecule has 114 valence electrons. The maximum Gasteiger partial charge on any atom is 0.339 e. The number of nitrogens with one attached hydrogen (secondary N) is 1. The molecular weight excluding hydrogens is 288 g/mol. The van der Waals surface area contributed by atoms with E-state index in [9.17, 15) is 14.7 Å². The normalized spacial score (nSPS) is 22.0. The van der Waals surface area contributed by atoms with Crippen molar-refractivity contribution in [2.45, 2.75) is 32.1 Å². The van der Waals surface area contributed by atoms with E-state index >= 15 is 0 Å². The van der Waals surface area contributed by atoms with Crippen molar-refractivity contribution in [2.75, 3.05) is 25.5 Å². The molecule has 0 radical (unpaired) electrons. The molecule has 1 saturated heterocycles. The Kier molecular flexibility index (Phi) is 3.99. The summed E-state index contributed by atoms with van der Waals surface area (Å²) in [7, 11) is 2.00. The summed E-state index contributed by atoms with van der Waals surface area (Å²) in [5, 5.41) is 12.9. The molecule has 1 aromatic rings. The molecule has 2 N–H and O–H groups in total. The lowest BCUT2D eigenvalue weighted by molar-refractivity contribution is -0.119. The van der Waals surface area contributed by atoms with Gasteiger partial charge in [-0.1, -0.05) is 0 Å². The molecule has 1 unspecified atom stereocenters. The van der Waals surface area contributed by atoms with Gasteiger partial charge in [0.25, 0.3) is 0 Å². The summed E-state index contributed by atoms with van der Waals surface area (Å²) in [6.07, 6.45) is 4.73. The first-order valence-corrected chi connectivity index (χ1v) is 8.25. The fraction of sp³-hybridized carbons (Fsp3) is 0.600. The molecule has 2 heterocycles. The van der Waals surface area contributed by atoms with Crippen LogP contribution in [0.5, 0.6) is 0 Å². The number of nitrogens with zero attached hydrogens (tertiary/aromatic N) is 1. The Labute approximate surface area is 128 Å². The molecular formula is C15H20N2O3S. The smallest absolute Gasteiger partial charge is 0.339 e. The van der Waals surface area contributed by atoms with Gasteiger partial charge in [-0.3, -0.25) is 4.79 Å². The Morgan fingerprint density at radius 1 is 1.33 bits per heavy atom. The van der Waals surface area contributed by atoms with Gasteiger partial charge in [0.1, 0.15) is 5.00 Å². The van der Waals surface area contributed by atoms with Crippen molar-refractivity contribution < 1.29 is 14.7 Å². The van der Waals surface area contributed by atoms with Gasteiger partial charge in [0.15, 0.2) is 0 Å². The quantitative estimate of drug-likeness (QED) is 0.898. The summed E-state index contributed by atoms with van der Waals surface area (Å²) in [6, 6.07) is 0. The van der Waals surface area contributed by atoms with Crippen LogP contribution in [-0.4, -0.2) is 42.0 Å². The van der Waals surface area contributed by atoms with Gasteiger partial charge in [0.05, 0.1) is 11.5 Å². The number of carboxylic acid groups (broad SMARTS) is 1. The van der Waals surface area contributed by atoms with Crippen molar-refractivity contribution in [3.8, 4) is 0 Å². The lowest BCUT2D eigenvalue weighted by Gasteiger charge is -2.12. The van der Waals surface area contributed by atoms with Crippen molar-refractivity contribution in [3.63, 3.8) is 0 Å². The van der Waals surface area contributed by atoms with Gasteiger partial charge < -0.3 is 15.3 Å². The number of likely N-dealkylation sites (tertiary alicyclic amines) is 1. The summed E-state index contributed by atoms with van der Waals surface area (Å²) in [5.74, 6) is -0.996. The van der Waals surface area contributed by atoms with Crippen molar-refractivity contribution in [3.05, 3.63) is 16.0 Å².